The van der Waals surface area contributed by atoms with E-state index in [2.05, 4.69) is 6.92 Å². The Morgan fingerprint density at radius 1 is 1.30 bits per heavy atom. The van der Waals surface area contributed by atoms with Crippen LogP contribution in [0.15, 0.2) is 18.2 Å². The summed E-state index contributed by atoms with van der Waals surface area (Å²) in [5.74, 6) is 0.161. The summed E-state index contributed by atoms with van der Waals surface area (Å²) in [6.45, 7) is 5.73. The van der Waals surface area contributed by atoms with Gasteiger partial charge in [0.05, 0.1) is 5.92 Å². The predicted octanol–water partition coefficient (Wildman–Crippen LogP) is 2.17. The maximum absolute atomic E-state index is 12.8. The van der Waals surface area contributed by atoms with Crippen LogP contribution in [0.2, 0.25) is 0 Å². The zero-order valence-corrected chi connectivity index (χ0v) is 13.8. The number of phenolic OH excluding ortho intramolecular Hbond substituents is 1. The van der Waals surface area contributed by atoms with Gasteiger partial charge in [-0.3, -0.25) is 9.59 Å². The molecule has 1 N–H and O–H groups in total. The molecule has 4 rings (SSSR count). The first-order valence-electron chi connectivity index (χ1n) is 8.40. The van der Waals surface area contributed by atoms with Crippen molar-refractivity contribution >= 4 is 11.8 Å². The number of hydrogen-bond donors (Lipinski definition) is 1. The van der Waals surface area contributed by atoms with Crippen molar-refractivity contribution in [3.8, 4) is 5.75 Å². The fourth-order valence-electron chi connectivity index (χ4n) is 3.67. The van der Waals surface area contributed by atoms with Crippen LogP contribution in [0.5, 0.6) is 5.75 Å². The van der Waals surface area contributed by atoms with Crippen LogP contribution in [0.3, 0.4) is 0 Å². The van der Waals surface area contributed by atoms with Crippen molar-refractivity contribution in [3.05, 3.63) is 29.3 Å². The van der Waals surface area contributed by atoms with Gasteiger partial charge in [-0.25, -0.2) is 0 Å². The molecule has 3 fully saturated rings. The molecule has 3 aliphatic rings. The first kappa shape index (κ1) is 15.8. The molecule has 0 saturated carbocycles. The molecule has 2 amide bonds. The Morgan fingerprint density at radius 3 is 2.78 bits per heavy atom. The lowest BCUT2D eigenvalue weighted by Gasteiger charge is -2.35. The molecule has 3 heterocycles. The van der Waals surface area contributed by atoms with E-state index in [0.717, 1.165) is 31.4 Å². The highest BCUT2D eigenvalue weighted by Gasteiger charge is 2.41. The summed E-state index contributed by atoms with van der Waals surface area (Å²) in [7, 11) is 0. The Kier molecular flexibility index (Phi) is 4.28. The molecule has 3 saturated heterocycles. The molecule has 3 aliphatic heterocycles. The number of rotatable bonds is 3. The van der Waals surface area contributed by atoms with Gasteiger partial charge in [-0.05, 0) is 43.9 Å². The molecule has 0 radical (unpaired) electrons. The first-order valence-corrected chi connectivity index (χ1v) is 8.40. The second-order valence-corrected chi connectivity index (χ2v) is 6.67. The topological polar surface area (TPSA) is 60.9 Å². The number of carbonyl (C=O) groups excluding carboxylic acids is 2. The number of aryl methyl sites for hydroxylation is 1. The molecule has 0 aliphatic carbocycles. The monoisotopic (exact) mass is 316 g/mol. The summed E-state index contributed by atoms with van der Waals surface area (Å²) in [5.41, 5.74) is 1.24. The second-order valence-electron chi connectivity index (χ2n) is 6.67. The van der Waals surface area contributed by atoms with Crippen LogP contribution < -0.4 is 0 Å². The molecular formula is C18H24N2O3. The summed E-state index contributed by atoms with van der Waals surface area (Å²) in [5, 5.41) is 9.84. The van der Waals surface area contributed by atoms with E-state index in [0.29, 0.717) is 18.7 Å². The minimum Gasteiger partial charge on any atom is -0.508 e. The first-order chi connectivity index (χ1) is 11.0. The molecule has 2 bridgehead atoms. The number of amides is 2. The normalized spacial score (nSPS) is 24.0. The zero-order chi connectivity index (χ0) is 16.6. The Morgan fingerprint density at radius 2 is 2.09 bits per heavy atom. The molecule has 0 aromatic heterocycles. The quantitative estimate of drug-likeness (QED) is 0.930. The number of aromatic hydroxyl groups is 1. The molecule has 0 spiro atoms. The van der Waals surface area contributed by atoms with Crippen molar-refractivity contribution in [2.75, 3.05) is 19.6 Å². The lowest BCUT2D eigenvalue weighted by Crippen LogP contribution is -2.48. The summed E-state index contributed by atoms with van der Waals surface area (Å²) >= 11 is 0. The van der Waals surface area contributed by atoms with E-state index >= 15 is 0 Å². The van der Waals surface area contributed by atoms with Gasteiger partial charge in [-0.1, -0.05) is 13.0 Å². The molecular weight excluding hydrogens is 292 g/mol. The Balaban J connectivity index is 1.82. The van der Waals surface area contributed by atoms with E-state index in [1.807, 2.05) is 4.90 Å². The maximum atomic E-state index is 12.8. The molecule has 1 aromatic rings. The van der Waals surface area contributed by atoms with E-state index in [4.69, 9.17) is 0 Å². The van der Waals surface area contributed by atoms with Crippen LogP contribution in [-0.4, -0.2) is 52.4 Å². The van der Waals surface area contributed by atoms with Crippen molar-refractivity contribution in [1.29, 1.82) is 0 Å². The molecule has 0 unspecified atom stereocenters. The van der Waals surface area contributed by atoms with Crippen LogP contribution in [-0.2, 0) is 4.79 Å². The average molecular weight is 316 g/mol. The van der Waals surface area contributed by atoms with Gasteiger partial charge in [0.25, 0.3) is 5.91 Å². The number of benzene rings is 1. The fourth-order valence-corrected chi connectivity index (χ4v) is 3.67. The molecule has 2 atom stereocenters. The largest absolute Gasteiger partial charge is 0.508 e. The summed E-state index contributed by atoms with van der Waals surface area (Å²) in [6.07, 6.45) is 2.78. The lowest BCUT2D eigenvalue weighted by molar-refractivity contribution is -0.139. The van der Waals surface area contributed by atoms with Crippen LogP contribution in [0.1, 0.15) is 42.1 Å². The Hall–Kier alpha value is -2.04. The van der Waals surface area contributed by atoms with Crippen LogP contribution in [0.4, 0.5) is 0 Å². The van der Waals surface area contributed by atoms with Crippen molar-refractivity contribution in [1.82, 2.24) is 9.80 Å². The zero-order valence-electron chi connectivity index (χ0n) is 13.8. The van der Waals surface area contributed by atoms with Crippen molar-refractivity contribution in [2.45, 2.75) is 39.2 Å². The third-order valence-electron chi connectivity index (χ3n) is 5.00. The SMILES string of the molecule is CCCN1C(=O)[C@H]2CC[C@@H]1CN(C(=O)c1ccc(C)c(O)c1)C2. The highest BCUT2D eigenvalue weighted by molar-refractivity contribution is 5.95. The number of carbonyl (C=O) groups is 2. The summed E-state index contributed by atoms with van der Waals surface area (Å²) in [4.78, 5) is 29.1. The lowest BCUT2D eigenvalue weighted by atomic mass is 9.94. The van der Waals surface area contributed by atoms with E-state index in [9.17, 15) is 14.7 Å². The standard InChI is InChI=1S/C18H24N2O3/c1-3-8-20-15-7-6-14(18(20)23)10-19(11-15)17(22)13-5-4-12(2)16(21)9-13/h4-5,9,14-15,21H,3,6-8,10-11H2,1-2H3/t14-,15+/m0/s1. The molecule has 5 heteroatoms. The minimum atomic E-state index is -0.0941. The van der Waals surface area contributed by atoms with Crippen LogP contribution in [0.25, 0.3) is 0 Å². The van der Waals surface area contributed by atoms with Gasteiger partial charge in [0.1, 0.15) is 5.75 Å². The highest BCUT2D eigenvalue weighted by atomic mass is 16.3. The molecule has 124 valence electrons. The van der Waals surface area contributed by atoms with Crippen molar-refractivity contribution in [2.24, 2.45) is 5.92 Å². The maximum Gasteiger partial charge on any atom is 0.254 e. The van der Waals surface area contributed by atoms with E-state index < -0.39 is 0 Å². The summed E-state index contributed by atoms with van der Waals surface area (Å²) in [6, 6.07) is 5.15. The van der Waals surface area contributed by atoms with E-state index in [1.54, 1.807) is 24.0 Å². The van der Waals surface area contributed by atoms with Crippen molar-refractivity contribution < 1.29 is 14.7 Å². The third kappa shape index (κ3) is 2.92. The molecule has 5 nitrogen and oxygen atoms in total. The molecule has 1 aromatic carbocycles. The second kappa shape index (κ2) is 6.22. The fraction of sp³-hybridized carbons (Fsp3) is 0.556. The van der Waals surface area contributed by atoms with Gasteiger partial charge >= 0.3 is 0 Å². The Labute approximate surface area is 136 Å². The van der Waals surface area contributed by atoms with Gasteiger partial charge in [0.2, 0.25) is 5.91 Å². The number of phenols is 1. The Bertz CT molecular complexity index is 629. The van der Waals surface area contributed by atoms with Crippen LogP contribution >= 0.6 is 0 Å². The van der Waals surface area contributed by atoms with Gasteiger partial charge in [-0.2, -0.15) is 0 Å². The van der Waals surface area contributed by atoms with Crippen molar-refractivity contribution in [3.63, 3.8) is 0 Å². The summed E-state index contributed by atoms with van der Waals surface area (Å²) < 4.78 is 0. The minimum absolute atomic E-state index is 0.0803. The highest BCUT2D eigenvalue weighted by Crippen LogP contribution is 2.30. The number of piperidine rings is 1. The van der Waals surface area contributed by atoms with E-state index in [-0.39, 0.29) is 29.5 Å². The predicted molar refractivity (Wildman–Crippen MR) is 87.3 cm³/mol. The van der Waals surface area contributed by atoms with Crippen LogP contribution in [0, 0.1) is 12.8 Å². The van der Waals surface area contributed by atoms with Gasteiger partial charge < -0.3 is 14.9 Å². The number of hydrogen-bond acceptors (Lipinski definition) is 3. The van der Waals surface area contributed by atoms with Gasteiger partial charge in [-0.15, -0.1) is 0 Å². The third-order valence-corrected chi connectivity index (χ3v) is 5.00. The number of nitrogens with zero attached hydrogens (tertiary/aromatic N) is 2. The smallest absolute Gasteiger partial charge is 0.254 e. The molecule has 23 heavy (non-hydrogen) atoms. The van der Waals surface area contributed by atoms with Gasteiger partial charge in [0, 0.05) is 31.2 Å². The number of fused-ring (bicyclic) bond motifs is 4. The average Bonchev–Trinajstić information content (AvgIpc) is 2.82. The van der Waals surface area contributed by atoms with E-state index in [1.165, 1.54) is 6.07 Å². The van der Waals surface area contributed by atoms with Gasteiger partial charge in [0.15, 0.2) is 0 Å².